The van der Waals surface area contributed by atoms with Crippen LogP contribution in [0.3, 0.4) is 0 Å². The van der Waals surface area contributed by atoms with E-state index in [2.05, 4.69) is 15.6 Å². The average Bonchev–Trinajstić information content (AvgIpc) is 2.47. The van der Waals surface area contributed by atoms with E-state index in [1.54, 1.807) is 0 Å². The topological polar surface area (TPSA) is 70.6 Å². The number of hydrogen-bond acceptors (Lipinski definition) is 3. The Morgan fingerprint density at radius 1 is 1.29 bits per heavy atom. The molecule has 8 heteroatoms. The summed E-state index contributed by atoms with van der Waals surface area (Å²) in [5.74, 6) is 0.883. The Morgan fingerprint density at radius 2 is 1.92 bits per heavy atom. The number of rotatable bonds is 8. The molecule has 0 aromatic heterocycles. The van der Waals surface area contributed by atoms with Gasteiger partial charge in [-0.1, -0.05) is 23.7 Å². The zero-order valence-corrected chi connectivity index (χ0v) is 18.3. The number of hydrogen-bond donors (Lipinski definition) is 2. The third-order valence-electron chi connectivity index (χ3n) is 3.23. The second-order valence-corrected chi connectivity index (χ2v) is 8.30. The van der Waals surface area contributed by atoms with Crippen molar-refractivity contribution in [1.29, 1.82) is 0 Å². The van der Waals surface area contributed by atoms with Gasteiger partial charge in [-0.2, -0.15) is 0 Å². The van der Waals surface area contributed by atoms with Gasteiger partial charge in [0.1, 0.15) is 9.84 Å². The van der Waals surface area contributed by atoms with Crippen molar-refractivity contribution in [2.45, 2.75) is 32.7 Å². The first kappa shape index (κ1) is 23.5. The zero-order chi connectivity index (χ0) is 17.3. The quantitative estimate of drug-likeness (QED) is 0.336. The van der Waals surface area contributed by atoms with Crippen LogP contribution in [-0.2, 0) is 16.3 Å². The minimum absolute atomic E-state index is 0. The fraction of sp³-hybridized carbons (Fsp3) is 0.562. The van der Waals surface area contributed by atoms with Crippen LogP contribution in [0.5, 0.6) is 0 Å². The Hall–Kier alpha value is -0.540. The summed E-state index contributed by atoms with van der Waals surface area (Å²) in [6, 6.07) is 7.77. The van der Waals surface area contributed by atoms with Gasteiger partial charge in [-0.3, -0.25) is 4.99 Å². The van der Waals surface area contributed by atoms with E-state index in [9.17, 15) is 8.42 Å². The molecule has 2 N–H and O–H groups in total. The number of sulfone groups is 1. The number of guanidine groups is 1. The highest BCUT2D eigenvalue weighted by Gasteiger charge is 2.09. The Labute approximate surface area is 167 Å². The van der Waals surface area contributed by atoms with Gasteiger partial charge in [0.25, 0.3) is 0 Å². The van der Waals surface area contributed by atoms with E-state index in [-0.39, 0.29) is 35.8 Å². The van der Waals surface area contributed by atoms with Gasteiger partial charge in [-0.25, -0.2) is 8.42 Å². The maximum atomic E-state index is 11.2. The number of nitrogens with zero attached hydrogens (tertiary/aromatic N) is 1. The second kappa shape index (κ2) is 11.9. The molecule has 1 unspecified atom stereocenters. The van der Waals surface area contributed by atoms with Gasteiger partial charge < -0.3 is 10.6 Å². The molecule has 24 heavy (non-hydrogen) atoms. The Balaban J connectivity index is 0.00000529. The molecule has 0 aliphatic carbocycles. The molecule has 0 saturated carbocycles. The second-order valence-electron chi connectivity index (χ2n) is 5.60. The first-order chi connectivity index (χ1) is 10.8. The standard InChI is InChI=1S/C16H26ClN3O2S.HI/c1-4-18-16(20-13(2)10-12-23(3,21)22)19-11-9-14-5-7-15(17)8-6-14;/h5-8,13H,4,9-12H2,1-3H3,(H2,18,19,20);1H. The van der Waals surface area contributed by atoms with Gasteiger partial charge in [-0.15, -0.1) is 24.0 Å². The molecule has 138 valence electrons. The zero-order valence-electron chi connectivity index (χ0n) is 14.4. The molecule has 0 fully saturated rings. The van der Waals surface area contributed by atoms with Crippen LogP contribution in [0.2, 0.25) is 5.02 Å². The number of halogens is 2. The summed E-state index contributed by atoms with van der Waals surface area (Å²) in [7, 11) is -2.93. The summed E-state index contributed by atoms with van der Waals surface area (Å²) in [5.41, 5.74) is 1.18. The summed E-state index contributed by atoms with van der Waals surface area (Å²) >= 11 is 5.87. The number of nitrogens with one attached hydrogen (secondary N) is 2. The minimum atomic E-state index is -2.93. The van der Waals surface area contributed by atoms with Crippen molar-refractivity contribution in [3.63, 3.8) is 0 Å². The normalized spacial score (nSPS) is 13.1. The lowest BCUT2D eigenvalue weighted by Gasteiger charge is -2.17. The molecular weight excluding hydrogens is 461 g/mol. The predicted molar refractivity (Wildman–Crippen MR) is 113 cm³/mol. The average molecular weight is 488 g/mol. The molecule has 0 amide bonds. The van der Waals surface area contributed by atoms with Crippen LogP contribution in [0.1, 0.15) is 25.8 Å². The molecule has 0 aliphatic heterocycles. The number of benzene rings is 1. The van der Waals surface area contributed by atoms with Gasteiger partial charge >= 0.3 is 0 Å². The van der Waals surface area contributed by atoms with Crippen molar-refractivity contribution in [3.8, 4) is 0 Å². The van der Waals surface area contributed by atoms with E-state index >= 15 is 0 Å². The van der Waals surface area contributed by atoms with Crippen molar-refractivity contribution >= 4 is 51.4 Å². The first-order valence-corrected chi connectivity index (χ1v) is 10.2. The highest BCUT2D eigenvalue weighted by molar-refractivity contribution is 14.0. The maximum Gasteiger partial charge on any atom is 0.191 e. The number of aliphatic imine (C=N–C) groups is 1. The Kier molecular flexibility index (Phi) is 11.6. The summed E-state index contributed by atoms with van der Waals surface area (Å²) in [5, 5.41) is 7.14. The van der Waals surface area contributed by atoms with Gasteiger partial charge in [0.2, 0.25) is 0 Å². The van der Waals surface area contributed by atoms with E-state index in [1.165, 1.54) is 11.8 Å². The van der Waals surface area contributed by atoms with Crippen LogP contribution in [0.25, 0.3) is 0 Å². The molecule has 1 aromatic rings. The van der Waals surface area contributed by atoms with Crippen LogP contribution in [-0.4, -0.2) is 45.5 Å². The molecule has 5 nitrogen and oxygen atoms in total. The third kappa shape index (κ3) is 11.1. The Bertz CT molecular complexity index is 606. The van der Waals surface area contributed by atoms with Gasteiger partial charge in [-0.05, 0) is 44.4 Å². The van der Waals surface area contributed by atoms with Crippen LogP contribution < -0.4 is 10.6 Å². The fourth-order valence-electron chi connectivity index (χ4n) is 1.96. The summed E-state index contributed by atoms with van der Waals surface area (Å²) in [4.78, 5) is 4.53. The smallest absolute Gasteiger partial charge is 0.191 e. The first-order valence-electron chi connectivity index (χ1n) is 7.77. The maximum absolute atomic E-state index is 11.2. The van der Waals surface area contributed by atoms with Crippen LogP contribution >= 0.6 is 35.6 Å². The summed E-state index contributed by atoms with van der Waals surface area (Å²) in [6.45, 7) is 5.36. The molecule has 1 rings (SSSR count). The summed E-state index contributed by atoms with van der Waals surface area (Å²) in [6.07, 6.45) is 2.64. The molecule has 0 spiro atoms. The molecule has 0 saturated heterocycles. The van der Waals surface area contributed by atoms with Crippen molar-refractivity contribution < 1.29 is 8.42 Å². The van der Waals surface area contributed by atoms with E-state index in [1.807, 2.05) is 38.1 Å². The lowest BCUT2D eigenvalue weighted by Crippen LogP contribution is -2.43. The van der Waals surface area contributed by atoms with Gasteiger partial charge in [0, 0.05) is 30.4 Å². The lowest BCUT2D eigenvalue weighted by atomic mass is 10.1. The van der Waals surface area contributed by atoms with Gasteiger partial charge in [0.05, 0.1) is 5.75 Å². The summed E-state index contributed by atoms with van der Waals surface area (Å²) < 4.78 is 22.4. The highest BCUT2D eigenvalue weighted by Crippen LogP contribution is 2.09. The third-order valence-corrected chi connectivity index (χ3v) is 4.46. The van der Waals surface area contributed by atoms with Crippen LogP contribution in [0, 0.1) is 0 Å². The molecule has 0 aliphatic rings. The minimum Gasteiger partial charge on any atom is -0.357 e. The largest absolute Gasteiger partial charge is 0.357 e. The molecule has 0 bridgehead atoms. The van der Waals surface area contributed by atoms with Gasteiger partial charge in [0.15, 0.2) is 5.96 Å². The van der Waals surface area contributed by atoms with E-state index in [0.29, 0.717) is 18.9 Å². The monoisotopic (exact) mass is 487 g/mol. The molecule has 1 atom stereocenters. The lowest BCUT2D eigenvalue weighted by molar-refractivity contribution is 0.581. The van der Waals surface area contributed by atoms with E-state index in [0.717, 1.165) is 18.0 Å². The Morgan fingerprint density at radius 3 is 2.46 bits per heavy atom. The van der Waals surface area contributed by atoms with Crippen molar-refractivity contribution in [3.05, 3.63) is 34.9 Å². The van der Waals surface area contributed by atoms with Crippen molar-refractivity contribution in [2.24, 2.45) is 4.99 Å². The predicted octanol–water partition coefficient (Wildman–Crippen LogP) is 2.88. The van der Waals surface area contributed by atoms with Crippen molar-refractivity contribution in [1.82, 2.24) is 10.6 Å². The van der Waals surface area contributed by atoms with Crippen molar-refractivity contribution in [2.75, 3.05) is 25.1 Å². The van der Waals surface area contributed by atoms with E-state index < -0.39 is 9.84 Å². The molecule has 0 radical (unpaired) electrons. The molecular formula is C16H27ClIN3O2S. The molecule has 1 aromatic carbocycles. The highest BCUT2D eigenvalue weighted by atomic mass is 127. The molecule has 0 heterocycles. The van der Waals surface area contributed by atoms with E-state index in [4.69, 9.17) is 11.6 Å². The van der Waals surface area contributed by atoms with Crippen LogP contribution in [0.4, 0.5) is 0 Å². The van der Waals surface area contributed by atoms with Crippen LogP contribution in [0.15, 0.2) is 29.3 Å². The SMILES string of the molecule is CCNC(=NCCc1ccc(Cl)cc1)NC(C)CCS(C)(=O)=O.I. The fourth-order valence-corrected chi connectivity index (χ4v) is 2.87.